The average Bonchev–Trinajstić information content (AvgIpc) is 2.87. The molecule has 0 saturated heterocycles. The van der Waals surface area contributed by atoms with Crippen molar-refractivity contribution >= 4 is 16.8 Å². The van der Waals surface area contributed by atoms with Gasteiger partial charge >= 0.3 is 0 Å². The van der Waals surface area contributed by atoms with E-state index in [-0.39, 0.29) is 17.0 Å². The van der Waals surface area contributed by atoms with Gasteiger partial charge < -0.3 is 9.88 Å². The molecule has 2 heterocycles. The highest BCUT2D eigenvalue weighted by Gasteiger charge is 2.21. The number of nitrogens with zero attached hydrogens (tertiary/aromatic N) is 2. The van der Waals surface area contributed by atoms with Crippen molar-refractivity contribution < 1.29 is 9.18 Å². The molecule has 1 aliphatic rings. The summed E-state index contributed by atoms with van der Waals surface area (Å²) in [5.41, 5.74) is 3.47. The first-order chi connectivity index (χ1) is 13.0. The molecule has 4 rings (SSSR count). The SMILES string of the molecule is CN(Cc1n[nH]c2c1CCCCC2)C(=O)c1cc(=O)[nH]c2ccc(F)cc12. The number of carbonyl (C=O) groups excluding carboxylic acids is 1. The second-order valence-electron chi connectivity index (χ2n) is 7.09. The second kappa shape index (κ2) is 6.98. The number of hydrogen-bond donors (Lipinski definition) is 2. The molecule has 0 aliphatic heterocycles. The number of aromatic amines is 2. The van der Waals surface area contributed by atoms with Crippen molar-refractivity contribution in [3.8, 4) is 0 Å². The molecule has 0 unspecified atom stereocenters. The van der Waals surface area contributed by atoms with Crippen molar-refractivity contribution in [3.63, 3.8) is 0 Å². The molecule has 27 heavy (non-hydrogen) atoms. The number of carbonyl (C=O) groups is 1. The van der Waals surface area contributed by atoms with Gasteiger partial charge in [0.15, 0.2) is 0 Å². The van der Waals surface area contributed by atoms with Crippen LogP contribution in [0.3, 0.4) is 0 Å². The van der Waals surface area contributed by atoms with E-state index in [1.807, 2.05) is 0 Å². The van der Waals surface area contributed by atoms with Gasteiger partial charge in [0.2, 0.25) is 5.56 Å². The Balaban J connectivity index is 1.66. The van der Waals surface area contributed by atoms with Gasteiger partial charge in [-0.1, -0.05) is 6.42 Å². The first-order valence-electron chi connectivity index (χ1n) is 9.16. The average molecular weight is 368 g/mol. The van der Waals surface area contributed by atoms with E-state index in [0.717, 1.165) is 37.1 Å². The van der Waals surface area contributed by atoms with Gasteiger partial charge in [-0.3, -0.25) is 14.7 Å². The molecule has 1 aliphatic carbocycles. The minimum absolute atomic E-state index is 0.192. The van der Waals surface area contributed by atoms with Crippen molar-refractivity contribution in [1.82, 2.24) is 20.1 Å². The van der Waals surface area contributed by atoms with E-state index in [2.05, 4.69) is 15.2 Å². The summed E-state index contributed by atoms with van der Waals surface area (Å²) >= 11 is 0. The summed E-state index contributed by atoms with van der Waals surface area (Å²) in [6.45, 7) is 0.342. The molecular formula is C20H21FN4O2. The molecule has 2 aromatic heterocycles. The molecule has 1 amide bonds. The molecule has 0 fully saturated rings. The van der Waals surface area contributed by atoms with E-state index in [9.17, 15) is 14.0 Å². The van der Waals surface area contributed by atoms with E-state index in [1.54, 1.807) is 7.05 Å². The highest BCUT2D eigenvalue weighted by molar-refractivity contribution is 6.05. The lowest BCUT2D eigenvalue weighted by atomic mass is 10.1. The summed E-state index contributed by atoms with van der Waals surface area (Å²) in [7, 11) is 1.67. The van der Waals surface area contributed by atoms with Gasteiger partial charge in [0.1, 0.15) is 5.82 Å². The van der Waals surface area contributed by atoms with Crippen LogP contribution in [0.4, 0.5) is 4.39 Å². The lowest BCUT2D eigenvalue weighted by molar-refractivity contribution is 0.0785. The van der Waals surface area contributed by atoms with Crippen molar-refractivity contribution in [2.24, 2.45) is 0 Å². The number of H-pyrrole nitrogens is 2. The van der Waals surface area contributed by atoms with Gasteiger partial charge in [-0.15, -0.1) is 0 Å². The number of aryl methyl sites for hydroxylation is 1. The molecule has 3 aromatic rings. The van der Waals surface area contributed by atoms with Crippen molar-refractivity contribution in [3.05, 3.63) is 63.0 Å². The predicted octanol–water partition coefficient (Wildman–Crippen LogP) is 2.93. The summed E-state index contributed by atoms with van der Waals surface area (Å²) in [6.07, 6.45) is 5.41. The quantitative estimate of drug-likeness (QED) is 0.698. The Morgan fingerprint density at radius 2 is 2.04 bits per heavy atom. The fraction of sp³-hybridized carbons (Fsp3) is 0.350. The number of halogens is 1. The largest absolute Gasteiger partial charge is 0.336 e. The highest BCUT2D eigenvalue weighted by atomic mass is 19.1. The lowest BCUT2D eigenvalue weighted by Crippen LogP contribution is -2.28. The maximum atomic E-state index is 13.7. The van der Waals surface area contributed by atoms with E-state index in [0.29, 0.717) is 17.4 Å². The van der Waals surface area contributed by atoms with Crippen LogP contribution in [0.1, 0.15) is 46.6 Å². The van der Waals surface area contributed by atoms with Crippen LogP contribution in [0.2, 0.25) is 0 Å². The molecule has 6 nitrogen and oxygen atoms in total. The first kappa shape index (κ1) is 17.5. The van der Waals surface area contributed by atoms with Crippen LogP contribution in [0.5, 0.6) is 0 Å². The minimum Gasteiger partial charge on any atom is -0.336 e. The van der Waals surface area contributed by atoms with Gasteiger partial charge in [0, 0.05) is 29.7 Å². The smallest absolute Gasteiger partial charge is 0.254 e. The van der Waals surface area contributed by atoms with Gasteiger partial charge in [-0.25, -0.2) is 4.39 Å². The standard InChI is InChI=1S/C20H21FN4O2/c1-25(11-18-13-5-3-2-4-6-17(13)23-24-18)20(27)15-10-19(26)22-16-8-7-12(21)9-14(15)16/h7-10H,2-6,11H2,1H3,(H,22,26)(H,23,24). The van der Waals surface area contributed by atoms with E-state index in [4.69, 9.17) is 0 Å². The fourth-order valence-electron chi connectivity index (χ4n) is 3.76. The van der Waals surface area contributed by atoms with Crippen LogP contribution < -0.4 is 5.56 Å². The fourth-order valence-corrected chi connectivity index (χ4v) is 3.76. The maximum absolute atomic E-state index is 13.7. The first-order valence-corrected chi connectivity index (χ1v) is 9.16. The third-order valence-corrected chi connectivity index (χ3v) is 5.16. The summed E-state index contributed by atoms with van der Waals surface area (Å²) < 4.78 is 13.7. The highest BCUT2D eigenvalue weighted by Crippen LogP contribution is 2.23. The minimum atomic E-state index is -0.455. The maximum Gasteiger partial charge on any atom is 0.254 e. The molecule has 0 atom stereocenters. The normalized spacial score (nSPS) is 14.0. The topological polar surface area (TPSA) is 81.8 Å². The van der Waals surface area contributed by atoms with Crippen molar-refractivity contribution in [1.29, 1.82) is 0 Å². The Kier molecular flexibility index (Phi) is 4.51. The van der Waals surface area contributed by atoms with Crippen LogP contribution in [0, 0.1) is 5.82 Å². The Hall–Kier alpha value is -2.96. The Morgan fingerprint density at radius 3 is 2.89 bits per heavy atom. The van der Waals surface area contributed by atoms with Gasteiger partial charge in [-0.05, 0) is 49.4 Å². The summed E-state index contributed by atoms with van der Waals surface area (Å²) in [4.78, 5) is 29.1. The number of aromatic nitrogens is 3. The van der Waals surface area contributed by atoms with Crippen LogP contribution in [-0.2, 0) is 19.4 Å². The molecule has 0 saturated carbocycles. The summed E-state index contributed by atoms with van der Waals surface area (Å²) in [5, 5.41) is 7.90. The second-order valence-corrected chi connectivity index (χ2v) is 7.09. The molecule has 140 valence electrons. The molecule has 2 N–H and O–H groups in total. The predicted molar refractivity (Wildman–Crippen MR) is 100 cm³/mol. The van der Waals surface area contributed by atoms with Gasteiger partial charge in [0.25, 0.3) is 5.91 Å². The zero-order valence-electron chi connectivity index (χ0n) is 15.1. The number of pyridine rings is 1. The molecule has 7 heteroatoms. The Bertz CT molecular complexity index is 1070. The van der Waals surface area contributed by atoms with E-state index < -0.39 is 5.82 Å². The van der Waals surface area contributed by atoms with E-state index >= 15 is 0 Å². The molecule has 0 radical (unpaired) electrons. The van der Waals surface area contributed by atoms with Crippen LogP contribution in [0.15, 0.2) is 29.1 Å². The van der Waals surface area contributed by atoms with Gasteiger partial charge in [-0.2, -0.15) is 5.10 Å². The van der Waals surface area contributed by atoms with Crippen LogP contribution in [0.25, 0.3) is 10.9 Å². The number of hydrogen-bond acceptors (Lipinski definition) is 3. The molecular weight excluding hydrogens is 347 g/mol. The number of nitrogens with one attached hydrogen (secondary N) is 2. The van der Waals surface area contributed by atoms with Gasteiger partial charge in [0.05, 0.1) is 17.8 Å². The summed E-state index contributed by atoms with van der Waals surface area (Å²) in [6, 6.07) is 5.23. The van der Waals surface area contributed by atoms with Crippen LogP contribution in [-0.4, -0.2) is 33.0 Å². The zero-order valence-corrected chi connectivity index (χ0v) is 15.1. The molecule has 0 spiro atoms. The van der Waals surface area contributed by atoms with Crippen molar-refractivity contribution in [2.45, 2.75) is 38.6 Å². The number of rotatable bonds is 3. The lowest BCUT2D eigenvalue weighted by Gasteiger charge is -2.18. The zero-order chi connectivity index (χ0) is 19.0. The van der Waals surface area contributed by atoms with Crippen molar-refractivity contribution in [2.75, 3.05) is 7.05 Å². The number of benzene rings is 1. The Morgan fingerprint density at radius 1 is 1.22 bits per heavy atom. The number of amides is 1. The third-order valence-electron chi connectivity index (χ3n) is 5.16. The third kappa shape index (κ3) is 3.37. The monoisotopic (exact) mass is 368 g/mol. The molecule has 1 aromatic carbocycles. The molecule has 0 bridgehead atoms. The number of fused-ring (bicyclic) bond motifs is 2. The van der Waals surface area contributed by atoms with Crippen LogP contribution >= 0.6 is 0 Å². The summed E-state index contributed by atoms with van der Waals surface area (Å²) in [5.74, 6) is -0.786. The Labute approximate surface area is 155 Å². The van der Waals surface area contributed by atoms with E-state index in [1.165, 1.54) is 41.1 Å².